The Morgan fingerprint density at radius 3 is 3.00 bits per heavy atom. The van der Waals surface area contributed by atoms with Crippen LogP contribution in [0.2, 0.25) is 0 Å². The van der Waals surface area contributed by atoms with Crippen LogP contribution in [0.15, 0.2) is 18.2 Å². The molecule has 1 saturated heterocycles. The number of rotatable bonds is 3. The second-order valence-corrected chi connectivity index (χ2v) is 4.96. The molecule has 1 fully saturated rings. The summed E-state index contributed by atoms with van der Waals surface area (Å²) in [6.45, 7) is 4.37. The van der Waals surface area contributed by atoms with Gasteiger partial charge in [-0.25, -0.2) is 0 Å². The lowest BCUT2D eigenvalue weighted by molar-refractivity contribution is 0.0787. The van der Waals surface area contributed by atoms with Crippen molar-refractivity contribution >= 4 is 5.91 Å². The quantitative estimate of drug-likeness (QED) is 0.849. The summed E-state index contributed by atoms with van der Waals surface area (Å²) in [6.07, 6.45) is 1.05. The molecule has 1 unspecified atom stereocenters. The van der Waals surface area contributed by atoms with Crippen molar-refractivity contribution in [3.63, 3.8) is 0 Å². The Labute approximate surface area is 108 Å². The highest BCUT2D eigenvalue weighted by atomic mass is 16.3. The lowest BCUT2D eigenvalue weighted by Gasteiger charge is -2.17. The molecule has 1 atom stereocenters. The molecule has 0 aromatic heterocycles. The minimum atomic E-state index is 0.0175. The van der Waals surface area contributed by atoms with E-state index >= 15 is 0 Å². The maximum Gasteiger partial charge on any atom is 0.253 e. The molecule has 2 N–H and O–H groups in total. The molecule has 1 aliphatic heterocycles. The molecule has 0 spiro atoms. The topological polar surface area (TPSA) is 52.6 Å². The zero-order chi connectivity index (χ0) is 13.1. The number of aryl methyl sites for hydroxylation is 1. The van der Waals surface area contributed by atoms with Crippen LogP contribution < -0.4 is 5.32 Å². The van der Waals surface area contributed by atoms with Crippen LogP contribution >= 0.6 is 0 Å². The molecule has 1 aliphatic rings. The van der Waals surface area contributed by atoms with Gasteiger partial charge in [-0.1, -0.05) is 6.07 Å². The van der Waals surface area contributed by atoms with E-state index in [0.717, 1.165) is 31.6 Å². The van der Waals surface area contributed by atoms with Crippen LogP contribution in [0.3, 0.4) is 0 Å². The minimum absolute atomic E-state index is 0.0175. The normalized spacial score (nSPS) is 19.2. The van der Waals surface area contributed by atoms with Crippen LogP contribution in [0.25, 0.3) is 0 Å². The molecule has 4 nitrogen and oxygen atoms in total. The number of benzene rings is 1. The molecule has 1 amide bonds. The van der Waals surface area contributed by atoms with Gasteiger partial charge in [0, 0.05) is 18.7 Å². The number of amides is 1. The van der Waals surface area contributed by atoms with Crippen molar-refractivity contribution in [3.05, 3.63) is 29.3 Å². The van der Waals surface area contributed by atoms with Gasteiger partial charge in [-0.15, -0.1) is 0 Å². The molecular weight excluding hydrogens is 228 g/mol. The van der Waals surface area contributed by atoms with Gasteiger partial charge in [0.2, 0.25) is 0 Å². The van der Waals surface area contributed by atoms with Crippen molar-refractivity contribution in [3.8, 4) is 5.75 Å². The molecular formula is C14H20N2O2. The Morgan fingerprint density at radius 1 is 1.56 bits per heavy atom. The molecule has 0 bridgehead atoms. The first-order chi connectivity index (χ1) is 8.61. The Bertz CT molecular complexity index is 445. The van der Waals surface area contributed by atoms with Gasteiger partial charge in [-0.3, -0.25) is 4.79 Å². The number of phenols is 1. The van der Waals surface area contributed by atoms with Gasteiger partial charge in [0.05, 0.1) is 0 Å². The van der Waals surface area contributed by atoms with E-state index in [4.69, 9.17) is 0 Å². The van der Waals surface area contributed by atoms with Gasteiger partial charge in [0.1, 0.15) is 5.75 Å². The van der Waals surface area contributed by atoms with E-state index in [1.807, 2.05) is 18.9 Å². The summed E-state index contributed by atoms with van der Waals surface area (Å²) in [5.74, 6) is 0.744. The molecule has 0 saturated carbocycles. The number of carbonyl (C=O) groups excluding carboxylic acids is 1. The SMILES string of the molecule is CNCC1CCN(C(=O)c2ccc(C)c(O)c2)C1. The third-order valence-electron chi connectivity index (χ3n) is 3.52. The summed E-state index contributed by atoms with van der Waals surface area (Å²) in [7, 11) is 1.93. The van der Waals surface area contributed by atoms with E-state index in [0.29, 0.717) is 11.5 Å². The second kappa shape index (κ2) is 5.40. The largest absolute Gasteiger partial charge is 0.508 e. The monoisotopic (exact) mass is 248 g/mol. The lowest BCUT2D eigenvalue weighted by Crippen LogP contribution is -2.30. The van der Waals surface area contributed by atoms with E-state index < -0.39 is 0 Å². The number of hydrogen-bond acceptors (Lipinski definition) is 3. The summed E-state index contributed by atoms with van der Waals surface area (Å²) >= 11 is 0. The van der Waals surface area contributed by atoms with Crippen molar-refractivity contribution in [2.75, 3.05) is 26.7 Å². The summed E-state index contributed by atoms with van der Waals surface area (Å²) in [5, 5.41) is 12.8. The van der Waals surface area contributed by atoms with Crippen LogP contribution in [-0.4, -0.2) is 42.6 Å². The zero-order valence-electron chi connectivity index (χ0n) is 10.9. The summed E-state index contributed by atoms with van der Waals surface area (Å²) in [4.78, 5) is 14.1. The van der Waals surface area contributed by atoms with Crippen molar-refractivity contribution in [2.45, 2.75) is 13.3 Å². The maximum absolute atomic E-state index is 12.3. The van der Waals surface area contributed by atoms with Crippen molar-refractivity contribution < 1.29 is 9.90 Å². The highest BCUT2D eigenvalue weighted by molar-refractivity contribution is 5.94. The average molecular weight is 248 g/mol. The fraction of sp³-hybridized carbons (Fsp3) is 0.500. The lowest BCUT2D eigenvalue weighted by atomic mass is 10.1. The first kappa shape index (κ1) is 12.9. The molecule has 1 aromatic carbocycles. The number of nitrogens with zero attached hydrogens (tertiary/aromatic N) is 1. The predicted molar refractivity (Wildman–Crippen MR) is 70.8 cm³/mol. The number of phenolic OH excluding ortho intramolecular Hbond substituents is 1. The van der Waals surface area contributed by atoms with E-state index in [1.54, 1.807) is 18.2 Å². The Balaban J connectivity index is 2.05. The molecule has 2 rings (SSSR count). The molecule has 0 radical (unpaired) electrons. The zero-order valence-corrected chi connectivity index (χ0v) is 10.9. The highest BCUT2D eigenvalue weighted by Crippen LogP contribution is 2.22. The van der Waals surface area contributed by atoms with E-state index in [9.17, 15) is 9.90 Å². The van der Waals surface area contributed by atoms with Gasteiger partial charge in [0.15, 0.2) is 0 Å². The summed E-state index contributed by atoms with van der Waals surface area (Å²) in [6, 6.07) is 5.12. The van der Waals surface area contributed by atoms with Gasteiger partial charge < -0.3 is 15.3 Å². The smallest absolute Gasteiger partial charge is 0.253 e. The van der Waals surface area contributed by atoms with Gasteiger partial charge in [-0.2, -0.15) is 0 Å². The van der Waals surface area contributed by atoms with Crippen LogP contribution in [0, 0.1) is 12.8 Å². The molecule has 98 valence electrons. The maximum atomic E-state index is 12.3. The number of nitrogens with one attached hydrogen (secondary N) is 1. The third kappa shape index (κ3) is 2.64. The van der Waals surface area contributed by atoms with Crippen molar-refractivity contribution in [1.82, 2.24) is 10.2 Å². The Hall–Kier alpha value is -1.55. The van der Waals surface area contributed by atoms with Crippen LogP contribution in [0.4, 0.5) is 0 Å². The van der Waals surface area contributed by atoms with Crippen LogP contribution in [-0.2, 0) is 0 Å². The number of hydrogen-bond donors (Lipinski definition) is 2. The second-order valence-electron chi connectivity index (χ2n) is 4.96. The number of aromatic hydroxyl groups is 1. The predicted octanol–water partition coefficient (Wildman–Crippen LogP) is 1.38. The van der Waals surface area contributed by atoms with E-state index in [-0.39, 0.29) is 11.7 Å². The molecule has 1 heterocycles. The standard InChI is InChI=1S/C14H20N2O2/c1-10-3-4-12(7-13(10)17)14(18)16-6-5-11(9-16)8-15-2/h3-4,7,11,15,17H,5-6,8-9H2,1-2H3. The van der Waals surface area contributed by atoms with E-state index in [1.165, 1.54) is 0 Å². The first-order valence-corrected chi connectivity index (χ1v) is 6.35. The molecule has 1 aromatic rings. The van der Waals surface area contributed by atoms with Gasteiger partial charge in [-0.05, 0) is 50.6 Å². The van der Waals surface area contributed by atoms with Gasteiger partial charge >= 0.3 is 0 Å². The van der Waals surface area contributed by atoms with Crippen LogP contribution in [0.1, 0.15) is 22.3 Å². The third-order valence-corrected chi connectivity index (χ3v) is 3.52. The van der Waals surface area contributed by atoms with Gasteiger partial charge in [0.25, 0.3) is 5.91 Å². The van der Waals surface area contributed by atoms with Crippen LogP contribution in [0.5, 0.6) is 5.75 Å². The Morgan fingerprint density at radius 2 is 2.33 bits per heavy atom. The fourth-order valence-corrected chi connectivity index (χ4v) is 2.40. The summed E-state index contributed by atoms with van der Waals surface area (Å²) in [5.41, 5.74) is 1.37. The first-order valence-electron chi connectivity index (χ1n) is 6.35. The molecule has 4 heteroatoms. The Kier molecular flexibility index (Phi) is 3.87. The van der Waals surface area contributed by atoms with Crippen molar-refractivity contribution in [2.24, 2.45) is 5.92 Å². The number of carbonyl (C=O) groups is 1. The fourth-order valence-electron chi connectivity index (χ4n) is 2.40. The van der Waals surface area contributed by atoms with E-state index in [2.05, 4.69) is 5.32 Å². The minimum Gasteiger partial charge on any atom is -0.508 e. The molecule has 0 aliphatic carbocycles. The average Bonchev–Trinajstić information content (AvgIpc) is 2.81. The van der Waals surface area contributed by atoms with Crippen molar-refractivity contribution in [1.29, 1.82) is 0 Å². The highest BCUT2D eigenvalue weighted by Gasteiger charge is 2.26. The molecule has 18 heavy (non-hydrogen) atoms. The number of likely N-dealkylation sites (tertiary alicyclic amines) is 1. The summed E-state index contributed by atoms with van der Waals surface area (Å²) < 4.78 is 0.